The fourth-order valence-electron chi connectivity index (χ4n) is 4.05. The summed E-state index contributed by atoms with van der Waals surface area (Å²) in [6.07, 6.45) is 6.71. The Balaban J connectivity index is 1.56. The molecule has 3 aliphatic rings. The van der Waals surface area contributed by atoms with Gasteiger partial charge < -0.3 is 14.4 Å². The zero-order valence-corrected chi connectivity index (χ0v) is 12.9. The van der Waals surface area contributed by atoms with E-state index in [-0.39, 0.29) is 12.0 Å². The molecule has 0 radical (unpaired) electrons. The highest BCUT2D eigenvalue weighted by Gasteiger charge is 2.35. The summed E-state index contributed by atoms with van der Waals surface area (Å²) in [5, 5.41) is 0. The highest BCUT2D eigenvalue weighted by atomic mass is 16.6. The normalized spacial score (nSPS) is 24.7. The van der Waals surface area contributed by atoms with E-state index in [0.29, 0.717) is 19.1 Å². The minimum Gasteiger partial charge on any atom is -0.486 e. The number of rotatable bonds is 2. The van der Waals surface area contributed by atoms with Crippen molar-refractivity contribution in [1.82, 2.24) is 4.90 Å². The number of hydrogen-bond acceptors (Lipinski definition) is 3. The van der Waals surface area contributed by atoms with Crippen molar-refractivity contribution in [3.8, 4) is 11.5 Å². The highest BCUT2D eigenvalue weighted by Crippen LogP contribution is 2.39. The molecule has 118 valence electrons. The first-order valence-corrected chi connectivity index (χ1v) is 8.53. The Bertz CT molecular complexity index is 565. The van der Waals surface area contributed by atoms with Crippen molar-refractivity contribution in [2.75, 3.05) is 19.8 Å². The van der Waals surface area contributed by atoms with Crippen LogP contribution in [0.2, 0.25) is 0 Å². The summed E-state index contributed by atoms with van der Waals surface area (Å²) < 4.78 is 11.3. The average Bonchev–Trinajstić information content (AvgIpc) is 3.25. The molecule has 0 aromatic heterocycles. The number of amides is 1. The zero-order valence-electron chi connectivity index (χ0n) is 12.9. The predicted octanol–water partition coefficient (Wildman–Crippen LogP) is 3.31. The fraction of sp³-hybridized carbons (Fsp3) is 0.611. The quantitative estimate of drug-likeness (QED) is 0.841. The van der Waals surface area contributed by atoms with E-state index in [2.05, 4.69) is 17.0 Å². The van der Waals surface area contributed by atoms with Crippen LogP contribution >= 0.6 is 0 Å². The van der Waals surface area contributed by atoms with Gasteiger partial charge >= 0.3 is 0 Å². The number of hydrogen-bond donors (Lipinski definition) is 0. The van der Waals surface area contributed by atoms with Crippen molar-refractivity contribution >= 4 is 5.91 Å². The molecule has 4 heteroatoms. The molecule has 4 nitrogen and oxygen atoms in total. The number of carbonyl (C=O) groups excluding carboxylic acids is 1. The molecule has 0 N–H and O–H groups in total. The molecule has 2 fully saturated rings. The van der Waals surface area contributed by atoms with Crippen molar-refractivity contribution in [1.29, 1.82) is 0 Å². The van der Waals surface area contributed by atoms with E-state index in [4.69, 9.17) is 9.47 Å². The minimum absolute atomic E-state index is 0.212. The number of ether oxygens (including phenoxy) is 2. The molecular weight excluding hydrogens is 278 g/mol. The highest BCUT2D eigenvalue weighted by molar-refractivity contribution is 5.80. The molecule has 1 aromatic carbocycles. The number of nitrogens with zero attached hydrogens (tertiary/aromatic N) is 1. The van der Waals surface area contributed by atoms with Gasteiger partial charge in [0.25, 0.3) is 0 Å². The predicted molar refractivity (Wildman–Crippen MR) is 83.1 cm³/mol. The Morgan fingerprint density at radius 2 is 1.77 bits per heavy atom. The summed E-state index contributed by atoms with van der Waals surface area (Å²) in [7, 11) is 0. The summed E-state index contributed by atoms with van der Waals surface area (Å²) in [5.41, 5.74) is 1.19. The van der Waals surface area contributed by atoms with Gasteiger partial charge in [0.1, 0.15) is 13.2 Å². The Morgan fingerprint density at radius 3 is 2.59 bits per heavy atom. The largest absolute Gasteiger partial charge is 0.486 e. The molecule has 2 heterocycles. The second-order valence-electron chi connectivity index (χ2n) is 6.57. The third kappa shape index (κ3) is 2.44. The molecular formula is C18H23NO3. The van der Waals surface area contributed by atoms with Crippen molar-refractivity contribution in [3.63, 3.8) is 0 Å². The number of fused-ring (bicyclic) bond motifs is 1. The topological polar surface area (TPSA) is 38.8 Å². The van der Waals surface area contributed by atoms with Crippen molar-refractivity contribution < 1.29 is 14.3 Å². The maximum atomic E-state index is 12.8. The molecule has 1 aromatic rings. The Labute approximate surface area is 131 Å². The first kappa shape index (κ1) is 13.9. The molecule has 22 heavy (non-hydrogen) atoms. The summed E-state index contributed by atoms with van der Waals surface area (Å²) >= 11 is 0. The van der Waals surface area contributed by atoms with Gasteiger partial charge in [-0.25, -0.2) is 0 Å². The van der Waals surface area contributed by atoms with Gasteiger partial charge in [0.2, 0.25) is 5.91 Å². The molecule has 1 unspecified atom stereocenters. The SMILES string of the molecule is O=C(C1CCCC1)N1CCCC1c1ccc2c(c1)OCCO2. The van der Waals surface area contributed by atoms with Crippen LogP contribution in [-0.2, 0) is 4.79 Å². The third-order valence-corrected chi connectivity index (χ3v) is 5.19. The summed E-state index contributed by atoms with van der Waals surface area (Å²) in [6, 6.07) is 6.36. The average molecular weight is 301 g/mol. The maximum Gasteiger partial charge on any atom is 0.226 e. The van der Waals surface area contributed by atoms with Gasteiger partial charge in [0.05, 0.1) is 6.04 Å². The maximum absolute atomic E-state index is 12.8. The molecule has 2 aliphatic heterocycles. The van der Waals surface area contributed by atoms with Gasteiger partial charge in [-0.05, 0) is 43.4 Å². The van der Waals surface area contributed by atoms with Gasteiger partial charge in [-0.1, -0.05) is 18.9 Å². The minimum atomic E-state index is 0.212. The van der Waals surface area contributed by atoms with E-state index in [1.165, 1.54) is 18.4 Å². The van der Waals surface area contributed by atoms with Crippen LogP contribution in [0, 0.1) is 5.92 Å². The first-order valence-electron chi connectivity index (χ1n) is 8.53. The van der Waals surface area contributed by atoms with E-state index in [1.807, 2.05) is 6.07 Å². The molecule has 0 spiro atoms. The zero-order chi connectivity index (χ0) is 14.9. The smallest absolute Gasteiger partial charge is 0.226 e. The van der Waals surface area contributed by atoms with Gasteiger partial charge in [0, 0.05) is 12.5 Å². The monoisotopic (exact) mass is 301 g/mol. The molecule has 0 bridgehead atoms. The van der Waals surface area contributed by atoms with Crippen LogP contribution in [0.4, 0.5) is 0 Å². The van der Waals surface area contributed by atoms with Crippen LogP contribution in [-0.4, -0.2) is 30.6 Å². The van der Waals surface area contributed by atoms with Crippen molar-refractivity contribution in [3.05, 3.63) is 23.8 Å². The van der Waals surface area contributed by atoms with Crippen molar-refractivity contribution in [2.45, 2.75) is 44.6 Å². The van der Waals surface area contributed by atoms with Crippen molar-refractivity contribution in [2.24, 2.45) is 5.92 Å². The van der Waals surface area contributed by atoms with Crippen LogP contribution in [0.3, 0.4) is 0 Å². The standard InChI is InChI=1S/C18H23NO3/c20-18(13-4-1-2-5-13)19-9-3-6-15(19)14-7-8-16-17(12-14)22-11-10-21-16/h7-8,12-13,15H,1-6,9-11H2. The molecule has 1 atom stereocenters. The van der Waals surface area contributed by atoms with Crippen LogP contribution in [0.1, 0.15) is 50.1 Å². The third-order valence-electron chi connectivity index (χ3n) is 5.19. The second kappa shape index (κ2) is 5.82. The molecule has 1 saturated heterocycles. The Morgan fingerprint density at radius 1 is 1.00 bits per heavy atom. The summed E-state index contributed by atoms with van der Waals surface area (Å²) in [6.45, 7) is 2.11. The number of benzene rings is 1. The van der Waals surface area contributed by atoms with Gasteiger partial charge in [0.15, 0.2) is 11.5 Å². The van der Waals surface area contributed by atoms with Gasteiger partial charge in [-0.2, -0.15) is 0 Å². The molecule has 1 aliphatic carbocycles. The lowest BCUT2D eigenvalue weighted by Gasteiger charge is -2.28. The summed E-state index contributed by atoms with van der Waals surface area (Å²) in [4.78, 5) is 14.9. The van der Waals surface area contributed by atoms with E-state index >= 15 is 0 Å². The lowest BCUT2D eigenvalue weighted by molar-refractivity contribution is -0.136. The van der Waals surface area contributed by atoms with Crippen LogP contribution in [0.15, 0.2) is 18.2 Å². The lowest BCUT2D eigenvalue weighted by atomic mass is 10.0. The van der Waals surface area contributed by atoms with Crippen LogP contribution in [0.5, 0.6) is 11.5 Å². The van der Waals surface area contributed by atoms with E-state index in [1.54, 1.807) is 0 Å². The van der Waals surface area contributed by atoms with E-state index < -0.39 is 0 Å². The first-order chi connectivity index (χ1) is 10.8. The fourth-order valence-corrected chi connectivity index (χ4v) is 4.05. The van der Waals surface area contributed by atoms with Crippen LogP contribution in [0.25, 0.3) is 0 Å². The molecule has 1 saturated carbocycles. The number of likely N-dealkylation sites (tertiary alicyclic amines) is 1. The van der Waals surface area contributed by atoms with Crippen LogP contribution < -0.4 is 9.47 Å². The van der Waals surface area contributed by atoms with Gasteiger partial charge in [-0.15, -0.1) is 0 Å². The molecule has 1 amide bonds. The second-order valence-corrected chi connectivity index (χ2v) is 6.57. The van der Waals surface area contributed by atoms with E-state index in [9.17, 15) is 4.79 Å². The van der Waals surface area contributed by atoms with E-state index in [0.717, 1.165) is 43.7 Å². The Hall–Kier alpha value is -1.71. The molecule has 4 rings (SSSR count). The van der Waals surface area contributed by atoms with Gasteiger partial charge in [-0.3, -0.25) is 4.79 Å². The number of carbonyl (C=O) groups is 1. The Kier molecular flexibility index (Phi) is 3.68. The lowest BCUT2D eigenvalue weighted by Crippen LogP contribution is -2.34. The summed E-state index contributed by atoms with van der Waals surface area (Å²) in [5.74, 6) is 2.28.